The fourth-order valence-electron chi connectivity index (χ4n) is 3.62. The van der Waals surface area contributed by atoms with Gasteiger partial charge in [0.15, 0.2) is 5.65 Å². The van der Waals surface area contributed by atoms with Crippen molar-refractivity contribution >= 4 is 23.1 Å². The van der Waals surface area contributed by atoms with Crippen LogP contribution in [-0.2, 0) is 4.74 Å². The van der Waals surface area contributed by atoms with Gasteiger partial charge in [-0.2, -0.15) is 9.61 Å². The molecule has 0 radical (unpaired) electrons. The molecule has 1 amide bonds. The lowest BCUT2D eigenvalue weighted by molar-refractivity contribution is 0.0197. The summed E-state index contributed by atoms with van der Waals surface area (Å²) in [4.78, 5) is 20.4. The lowest BCUT2D eigenvalue weighted by Crippen LogP contribution is -2.42. The zero-order chi connectivity index (χ0) is 20.6. The van der Waals surface area contributed by atoms with Gasteiger partial charge in [-0.05, 0) is 45.1 Å². The maximum atomic E-state index is 12.5. The third kappa shape index (κ3) is 4.07. The van der Waals surface area contributed by atoms with Crippen LogP contribution in [0.1, 0.15) is 45.2 Å². The van der Waals surface area contributed by atoms with Crippen LogP contribution in [0.3, 0.4) is 0 Å². The molecule has 1 fully saturated rings. The van der Waals surface area contributed by atoms with Gasteiger partial charge in [-0.25, -0.2) is 9.78 Å². The van der Waals surface area contributed by atoms with Crippen molar-refractivity contribution in [2.75, 3.05) is 20.2 Å². The van der Waals surface area contributed by atoms with Gasteiger partial charge in [-0.3, -0.25) is 0 Å². The van der Waals surface area contributed by atoms with Gasteiger partial charge < -0.3 is 14.4 Å². The van der Waals surface area contributed by atoms with E-state index in [1.54, 1.807) is 27.9 Å². The molecule has 3 aromatic rings. The van der Waals surface area contributed by atoms with Gasteiger partial charge >= 0.3 is 6.09 Å². The highest BCUT2D eigenvalue weighted by atomic mass is 32.1. The Hall–Kier alpha value is -2.61. The van der Waals surface area contributed by atoms with E-state index in [1.165, 1.54) is 0 Å². The summed E-state index contributed by atoms with van der Waals surface area (Å²) in [5.41, 5.74) is 2.18. The van der Waals surface area contributed by atoms with Crippen LogP contribution < -0.4 is 4.74 Å². The molecule has 4 rings (SSSR count). The molecular formula is C21H26N4O3S. The minimum atomic E-state index is -0.502. The molecule has 29 heavy (non-hydrogen) atoms. The summed E-state index contributed by atoms with van der Waals surface area (Å²) in [7, 11) is 1.64. The number of carbonyl (C=O) groups is 1. The fourth-order valence-corrected chi connectivity index (χ4v) is 4.36. The topological polar surface area (TPSA) is 69.0 Å². The van der Waals surface area contributed by atoms with Crippen molar-refractivity contribution in [2.45, 2.75) is 45.1 Å². The second-order valence-electron chi connectivity index (χ2n) is 8.26. The number of nitrogens with zero attached hydrogens (tertiary/aromatic N) is 4. The summed E-state index contributed by atoms with van der Waals surface area (Å²) in [6.45, 7) is 6.96. The van der Waals surface area contributed by atoms with E-state index in [0.717, 1.165) is 34.6 Å². The van der Waals surface area contributed by atoms with Gasteiger partial charge in [0.1, 0.15) is 5.60 Å². The normalized spacial score (nSPS) is 17.5. The number of rotatable bonds is 3. The second-order valence-corrected chi connectivity index (χ2v) is 9.21. The third-order valence-corrected chi connectivity index (χ3v) is 5.85. The fraction of sp³-hybridized carbons (Fsp3) is 0.476. The Labute approximate surface area is 174 Å². The van der Waals surface area contributed by atoms with Gasteiger partial charge in [0.2, 0.25) is 5.88 Å². The van der Waals surface area contributed by atoms with Crippen molar-refractivity contribution < 1.29 is 14.3 Å². The molecular weight excluding hydrogens is 388 g/mol. The summed E-state index contributed by atoms with van der Waals surface area (Å²) >= 11 is 1.66. The van der Waals surface area contributed by atoms with E-state index < -0.39 is 5.60 Å². The van der Waals surface area contributed by atoms with Gasteiger partial charge in [-0.15, -0.1) is 11.3 Å². The molecule has 0 spiro atoms. The minimum Gasteiger partial charge on any atom is -0.481 e. The predicted molar refractivity (Wildman–Crippen MR) is 113 cm³/mol. The summed E-state index contributed by atoms with van der Waals surface area (Å²) in [5, 5.41) is 6.51. The predicted octanol–water partition coefficient (Wildman–Crippen LogP) is 4.58. The SMILES string of the molecule is COc1cc(C2CCCN(C(=O)OC(C)(C)C)C2)nc2c(-c3cccs3)cnn12. The molecule has 0 aromatic carbocycles. The van der Waals surface area contributed by atoms with Gasteiger partial charge in [0.05, 0.1) is 24.6 Å². The number of carbonyl (C=O) groups excluding carboxylic acids is 1. The molecule has 1 unspecified atom stereocenters. The molecule has 154 valence electrons. The number of ether oxygens (including phenoxy) is 2. The zero-order valence-electron chi connectivity index (χ0n) is 17.2. The summed E-state index contributed by atoms with van der Waals surface area (Å²) in [5.74, 6) is 0.767. The highest BCUT2D eigenvalue weighted by Gasteiger charge is 2.30. The summed E-state index contributed by atoms with van der Waals surface area (Å²) < 4.78 is 12.9. The molecule has 0 bridgehead atoms. The molecule has 1 saturated heterocycles. The van der Waals surface area contributed by atoms with E-state index >= 15 is 0 Å². The van der Waals surface area contributed by atoms with Crippen molar-refractivity contribution in [1.82, 2.24) is 19.5 Å². The number of thiophene rings is 1. The molecule has 1 aliphatic heterocycles. The number of methoxy groups -OCH3 is 1. The molecule has 0 saturated carbocycles. The molecule has 1 aliphatic rings. The first-order valence-electron chi connectivity index (χ1n) is 9.80. The van der Waals surface area contributed by atoms with Crippen LogP contribution in [0.4, 0.5) is 4.79 Å². The quantitative estimate of drug-likeness (QED) is 0.627. The average molecular weight is 415 g/mol. The van der Waals surface area contributed by atoms with Crippen molar-refractivity contribution in [3.63, 3.8) is 0 Å². The van der Waals surface area contributed by atoms with Gasteiger partial charge in [0.25, 0.3) is 0 Å². The Morgan fingerprint density at radius 3 is 2.86 bits per heavy atom. The van der Waals surface area contributed by atoms with Gasteiger partial charge in [-0.1, -0.05) is 6.07 Å². The van der Waals surface area contributed by atoms with Crippen LogP contribution in [0.2, 0.25) is 0 Å². The number of fused-ring (bicyclic) bond motifs is 1. The molecule has 0 N–H and O–H groups in total. The Kier molecular flexibility index (Phi) is 5.21. The smallest absolute Gasteiger partial charge is 0.410 e. The highest BCUT2D eigenvalue weighted by molar-refractivity contribution is 7.13. The van der Waals surface area contributed by atoms with Crippen LogP contribution in [0, 0.1) is 0 Å². The molecule has 1 atom stereocenters. The lowest BCUT2D eigenvalue weighted by Gasteiger charge is -2.34. The molecule has 0 aliphatic carbocycles. The van der Waals surface area contributed by atoms with E-state index in [0.29, 0.717) is 19.0 Å². The van der Waals surface area contributed by atoms with Crippen LogP contribution in [0.15, 0.2) is 29.8 Å². The first-order chi connectivity index (χ1) is 13.9. The number of likely N-dealkylation sites (tertiary alicyclic amines) is 1. The largest absolute Gasteiger partial charge is 0.481 e. The third-order valence-electron chi connectivity index (χ3n) is 4.95. The standard InChI is InChI=1S/C21H26N4O3S/c1-21(2,3)28-20(26)24-9-5-7-14(13-24)16-11-18(27-4)25-19(23-16)15(12-22-25)17-8-6-10-29-17/h6,8,10-12,14H,5,7,9,13H2,1-4H3. The first-order valence-corrected chi connectivity index (χ1v) is 10.7. The van der Waals surface area contributed by atoms with Crippen molar-refractivity contribution in [3.8, 4) is 16.3 Å². The first kappa shape index (κ1) is 19.7. The van der Waals surface area contributed by atoms with E-state index in [2.05, 4.69) is 11.2 Å². The monoisotopic (exact) mass is 414 g/mol. The highest BCUT2D eigenvalue weighted by Crippen LogP contribution is 2.33. The Morgan fingerprint density at radius 1 is 1.34 bits per heavy atom. The van der Waals surface area contributed by atoms with E-state index in [1.807, 2.05) is 44.5 Å². The number of hydrogen-bond acceptors (Lipinski definition) is 6. The van der Waals surface area contributed by atoms with Crippen LogP contribution >= 0.6 is 11.3 Å². The zero-order valence-corrected chi connectivity index (χ0v) is 18.0. The maximum absolute atomic E-state index is 12.5. The molecule has 8 heteroatoms. The number of hydrogen-bond donors (Lipinski definition) is 0. The van der Waals surface area contributed by atoms with Crippen LogP contribution in [0.5, 0.6) is 5.88 Å². The molecule has 7 nitrogen and oxygen atoms in total. The number of amides is 1. The Balaban J connectivity index is 1.66. The second kappa shape index (κ2) is 7.67. The molecule has 4 heterocycles. The van der Waals surface area contributed by atoms with Crippen molar-refractivity contribution in [1.29, 1.82) is 0 Å². The summed E-state index contributed by atoms with van der Waals surface area (Å²) in [6.07, 6.45) is 3.44. The van der Waals surface area contributed by atoms with Crippen LogP contribution in [-0.4, -0.2) is 51.4 Å². The number of aromatic nitrogens is 3. The number of piperidine rings is 1. The van der Waals surface area contributed by atoms with Crippen molar-refractivity contribution in [3.05, 3.63) is 35.5 Å². The van der Waals surface area contributed by atoms with E-state index in [4.69, 9.17) is 14.5 Å². The average Bonchev–Trinajstić information content (AvgIpc) is 3.35. The Morgan fingerprint density at radius 2 is 2.17 bits per heavy atom. The van der Waals surface area contributed by atoms with Gasteiger partial charge in [0, 0.05) is 30.0 Å². The minimum absolute atomic E-state index is 0.126. The van der Waals surface area contributed by atoms with E-state index in [9.17, 15) is 4.79 Å². The molecule has 3 aromatic heterocycles. The van der Waals surface area contributed by atoms with Crippen molar-refractivity contribution in [2.24, 2.45) is 0 Å². The Bertz CT molecular complexity index is 1010. The van der Waals surface area contributed by atoms with Crippen LogP contribution in [0.25, 0.3) is 16.1 Å². The summed E-state index contributed by atoms with van der Waals surface area (Å²) in [6, 6.07) is 6.01. The maximum Gasteiger partial charge on any atom is 0.410 e. The van der Waals surface area contributed by atoms with E-state index in [-0.39, 0.29) is 12.0 Å². The lowest BCUT2D eigenvalue weighted by atomic mass is 9.94.